The Kier molecular flexibility index (Phi) is 2.59. The van der Waals surface area contributed by atoms with Gasteiger partial charge >= 0.3 is 0 Å². The highest BCUT2D eigenvalue weighted by atomic mass is 15.3. The van der Waals surface area contributed by atoms with E-state index in [1.54, 1.807) is 6.20 Å². The molecule has 1 atom stereocenters. The molecule has 2 N–H and O–H groups in total. The van der Waals surface area contributed by atoms with Crippen molar-refractivity contribution in [3.05, 3.63) is 11.9 Å². The van der Waals surface area contributed by atoms with Crippen LogP contribution in [-0.4, -0.2) is 22.5 Å². The first-order chi connectivity index (χ1) is 6.40. The smallest absolute Gasteiger partial charge is 0.0993 e. The molecule has 0 aliphatic heterocycles. The normalized spacial score (nSPS) is 18.8. The van der Waals surface area contributed by atoms with E-state index in [4.69, 9.17) is 0 Å². The Balaban J connectivity index is 1.85. The van der Waals surface area contributed by atoms with Crippen LogP contribution in [0.5, 0.6) is 0 Å². The average Bonchev–Trinajstić information content (AvgIpc) is 2.81. The lowest BCUT2D eigenvalue weighted by Crippen LogP contribution is -2.16. The van der Waals surface area contributed by atoms with Gasteiger partial charge in [0.25, 0.3) is 0 Å². The van der Waals surface area contributed by atoms with E-state index in [1.807, 2.05) is 7.05 Å². The lowest BCUT2D eigenvalue weighted by molar-refractivity contribution is 0.495. The van der Waals surface area contributed by atoms with Crippen LogP contribution in [0.25, 0.3) is 0 Å². The number of H-pyrrole nitrogens is 1. The summed E-state index contributed by atoms with van der Waals surface area (Å²) in [4.78, 5) is 0. The Morgan fingerprint density at radius 1 is 1.69 bits per heavy atom. The zero-order valence-corrected chi connectivity index (χ0v) is 7.95. The van der Waals surface area contributed by atoms with Gasteiger partial charge in [0.05, 0.1) is 17.9 Å². The van der Waals surface area contributed by atoms with Crippen molar-refractivity contribution in [3.63, 3.8) is 0 Å². The van der Waals surface area contributed by atoms with Gasteiger partial charge in [-0.3, -0.25) is 0 Å². The number of hydrogen-bond acceptors (Lipinski definition) is 3. The van der Waals surface area contributed by atoms with E-state index in [2.05, 4.69) is 20.7 Å². The molecule has 1 heterocycles. The first kappa shape index (κ1) is 8.69. The standard InChI is InChI=1S/C9H16N4/c1-10-8(5-4-7-2-3-7)9-6-11-13-12-9/h6-8,10H,2-5H2,1H3,(H,11,12,13). The number of aromatic nitrogens is 3. The van der Waals surface area contributed by atoms with E-state index in [0.29, 0.717) is 6.04 Å². The van der Waals surface area contributed by atoms with E-state index in [-0.39, 0.29) is 0 Å². The van der Waals surface area contributed by atoms with Crippen molar-refractivity contribution in [2.75, 3.05) is 7.05 Å². The van der Waals surface area contributed by atoms with Gasteiger partial charge in [0.15, 0.2) is 0 Å². The molecule has 1 fully saturated rings. The fourth-order valence-electron chi connectivity index (χ4n) is 1.63. The summed E-state index contributed by atoms with van der Waals surface area (Å²) < 4.78 is 0. The Morgan fingerprint density at radius 2 is 2.54 bits per heavy atom. The van der Waals surface area contributed by atoms with Gasteiger partial charge < -0.3 is 5.32 Å². The lowest BCUT2D eigenvalue weighted by atomic mass is 10.1. The molecule has 1 aliphatic rings. The molecule has 2 rings (SSSR count). The van der Waals surface area contributed by atoms with Crippen LogP contribution in [0.4, 0.5) is 0 Å². The van der Waals surface area contributed by atoms with Gasteiger partial charge in [0.1, 0.15) is 0 Å². The van der Waals surface area contributed by atoms with Crippen molar-refractivity contribution >= 4 is 0 Å². The average molecular weight is 180 g/mol. The van der Waals surface area contributed by atoms with Crippen LogP contribution < -0.4 is 5.32 Å². The van der Waals surface area contributed by atoms with Crippen molar-refractivity contribution in [2.45, 2.75) is 31.7 Å². The second-order valence-corrected chi connectivity index (χ2v) is 3.76. The molecule has 0 spiro atoms. The highest BCUT2D eigenvalue weighted by Crippen LogP contribution is 2.35. The van der Waals surface area contributed by atoms with Crippen LogP contribution >= 0.6 is 0 Å². The molecule has 0 amide bonds. The Bertz CT molecular complexity index is 240. The summed E-state index contributed by atoms with van der Waals surface area (Å²) in [6, 6.07) is 0.374. The molecule has 0 bridgehead atoms. The second kappa shape index (κ2) is 3.87. The molecule has 1 saturated carbocycles. The molecule has 0 saturated heterocycles. The summed E-state index contributed by atoms with van der Waals surface area (Å²) >= 11 is 0. The summed E-state index contributed by atoms with van der Waals surface area (Å²) in [7, 11) is 1.98. The maximum Gasteiger partial charge on any atom is 0.0993 e. The predicted octanol–water partition coefficient (Wildman–Crippen LogP) is 1.26. The molecule has 13 heavy (non-hydrogen) atoms. The van der Waals surface area contributed by atoms with Crippen LogP contribution in [0, 0.1) is 5.92 Å². The highest BCUT2D eigenvalue weighted by Gasteiger charge is 2.23. The van der Waals surface area contributed by atoms with E-state index >= 15 is 0 Å². The zero-order valence-electron chi connectivity index (χ0n) is 7.95. The van der Waals surface area contributed by atoms with Crippen molar-refractivity contribution < 1.29 is 0 Å². The van der Waals surface area contributed by atoms with Crippen molar-refractivity contribution in [3.8, 4) is 0 Å². The molecular formula is C9H16N4. The fraction of sp³-hybridized carbons (Fsp3) is 0.778. The van der Waals surface area contributed by atoms with Crippen LogP contribution in [0.15, 0.2) is 6.20 Å². The fourth-order valence-corrected chi connectivity index (χ4v) is 1.63. The molecule has 1 aromatic heterocycles. The third kappa shape index (κ3) is 2.28. The SMILES string of the molecule is CNC(CCC1CC1)c1cn[nH]n1. The largest absolute Gasteiger partial charge is 0.312 e. The van der Waals surface area contributed by atoms with Gasteiger partial charge in [-0.2, -0.15) is 15.4 Å². The molecule has 0 aromatic carbocycles. The summed E-state index contributed by atoms with van der Waals surface area (Å²) in [5.74, 6) is 0.989. The molecule has 1 aromatic rings. The first-order valence-electron chi connectivity index (χ1n) is 4.93. The monoisotopic (exact) mass is 180 g/mol. The minimum absolute atomic E-state index is 0.374. The maximum absolute atomic E-state index is 4.09. The Morgan fingerprint density at radius 3 is 3.08 bits per heavy atom. The summed E-state index contributed by atoms with van der Waals surface area (Å²) in [6.07, 6.45) is 7.14. The topological polar surface area (TPSA) is 53.6 Å². The molecular weight excluding hydrogens is 164 g/mol. The van der Waals surface area contributed by atoms with Gasteiger partial charge in [0.2, 0.25) is 0 Å². The molecule has 1 unspecified atom stereocenters. The minimum Gasteiger partial charge on any atom is -0.312 e. The number of nitrogens with one attached hydrogen (secondary N) is 2. The summed E-state index contributed by atoms with van der Waals surface area (Å²) in [6.45, 7) is 0. The number of rotatable bonds is 5. The molecule has 1 aliphatic carbocycles. The third-order valence-electron chi connectivity index (χ3n) is 2.70. The van der Waals surface area contributed by atoms with Crippen LogP contribution in [-0.2, 0) is 0 Å². The van der Waals surface area contributed by atoms with E-state index in [1.165, 1.54) is 25.7 Å². The van der Waals surface area contributed by atoms with Gasteiger partial charge in [-0.25, -0.2) is 0 Å². The molecule has 4 nitrogen and oxygen atoms in total. The summed E-state index contributed by atoms with van der Waals surface area (Å²) in [5, 5.41) is 13.8. The van der Waals surface area contributed by atoms with Gasteiger partial charge in [-0.1, -0.05) is 12.8 Å². The quantitative estimate of drug-likeness (QED) is 0.717. The van der Waals surface area contributed by atoms with Crippen molar-refractivity contribution in [2.24, 2.45) is 5.92 Å². The van der Waals surface area contributed by atoms with Crippen LogP contribution in [0.2, 0.25) is 0 Å². The van der Waals surface area contributed by atoms with E-state index in [9.17, 15) is 0 Å². The van der Waals surface area contributed by atoms with Crippen molar-refractivity contribution in [1.29, 1.82) is 0 Å². The number of aromatic amines is 1. The van der Waals surface area contributed by atoms with E-state index < -0.39 is 0 Å². The third-order valence-corrected chi connectivity index (χ3v) is 2.70. The summed E-state index contributed by atoms with van der Waals surface area (Å²) in [5.41, 5.74) is 1.03. The molecule has 0 radical (unpaired) electrons. The van der Waals surface area contributed by atoms with Crippen LogP contribution in [0.1, 0.15) is 37.4 Å². The lowest BCUT2D eigenvalue weighted by Gasteiger charge is -2.11. The Labute approximate surface area is 78.1 Å². The second-order valence-electron chi connectivity index (χ2n) is 3.76. The maximum atomic E-state index is 4.09. The zero-order chi connectivity index (χ0) is 9.10. The first-order valence-corrected chi connectivity index (χ1v) is 4.93. The van der Waals surface area contributed by atoms with Gasteiger partial charge in [-0.05, 0) is 25.8 Å². The Hall–Kier alpha value is -0.900. The number of nitrogens with zero attached hydrogens (tertiary/aromatic N) is 2. The highest BCUT2D eigenvalue weighted by molar-refractivity contribution is 4.99. The number of hydrogen-bond donors (Lipinski definition) is 2. The predicted molar refractivity (Wildman–Crippen MR) is 50.1 cm³/mol. The van der Waals surface area contributed by atoms with Gasteiger partial charge in [0, 0.05) is 0 Å². The molecule has 4 heteroatoms. The van der Waals surface area contributed by atoms with Gasteiger partial charge in [-0.15, -0.1) is 0 Å². The molecule has 72 valence electrons. The van der Waals surface area contributed by atoms with Crippen LogP contribution in [0.3, 0.4) is 0 Å². The van der Waals surface area contributed by atoms with Crippen molar-refractivity contribution in [1.82, 2.24) is 20.7 Å². The van der Waals surface area contributed by atoms with E-state index in [0.717, 1.165) is 11.6 Å². The minimum atomic E-state index is 0.374.